The highest BCUT2D eigenvalue weighted by Crippen LogP contribution is 2.38. The van der Waals surface area contributed by atoms with Gasteiger partial charge in [0, 0.05) is 18.5 Å². The predicted molar refractivity (Wildman–Crippen MR) is 82.3 cm³/mol. The van der Waals surface area contributed by atoms with Gasteiger partial charge in [0.25, 0.3) is 0 Å². The summed E-state index contributed by atoms with van der Waals surface area (Å²) in [7, 11) is 1.27. The minimum atomic E-state index is -1.16. The lowest BCUT2D eigenvalue weighted by Crippen LogP contribution is -2.48. The molecule has 1 heterocycles. The number of piperidine rings is 1. The largest absolute Gasteiger partial charge is 0.467 e. The summed E-state index contributed by atoms with van der Waals surface area (Å²) in [5.41, 5.74) is -1.10. The van der Waals surface area contributed by atoms with E-state index in [2.05, 4.69) is 4.74 Å². The van der Waals surface area contributed by atoms with Crippen LogP contribution < -0.4 is 0 Å². The van der Waals surface area contributed by atoms with Gasteiger partial charge in [0.05, 0.1) is 7.11 Å². The van der Waals surface area contributed by atoms with Crippen LogP contribution >= 0.6 is 0 Å². The van der Waals surface area contributed by atoms with E-state index >= 15 is 0 Å². The fourth-order valence-electron chi connectivity index (χ4n) is 2.77. The fraction of sp³-hybridized carbons (Fsp3) is 0.875. The second-order valence-electron chi connectivity index (χ2n) is 7.49. The second kappa shape index (κ2) is 6.86. The van der Waals surface area contributed by atoms with Gasteiger partial charge in [-0.25, -0.2) is 9.59 Å². The molecule has 6 heteroatoms. The molecule has 0 aromatic rings. The molecule has 0 aromatic carbocycles. The Bertz CT molecular complexity index is 405. The molecule has 1 N–H and O–H groups in total. The molecular weight excluding hydrogens is 286 g/mol. The maximum absolute atomic E-state index is 12.0. The van der Waals surface area contributed by atoms with Crippen molar-refractivity contribution in [2.24, 2.45) is 11.3 Å². The van der Waals surface area contributed by atoms with E-state index in [0.717, 1.165) is 12.8 Å². The van der Waals surface area contributed by atoms with Crippen molar-refractivity contribution in [1.29, 1.82) is 0 Å². The van der Waals surface area contributed by atoms with Crippen LogP contribution in [0.5, 0.6) is 0 Å². The summed E-state index contributed by atoms with van der Waals surface area (Å²) in [4.78, 5) is 25.3. The van der Waals surface area contributed by atoms with Crippen LogP contribution in [0, 0.1) is 11.3 Å². The molecule has 1 saturated heterocycles. The zero-order valence-corrected chi connectivity index (χ0v) is 14.5. The Kier molecular flexibility index (Phi) is 5.84. The van der Waals surface area contributed by atoms with Gasteiger partial charge < -0.3 is 19.5 Å². The van der Waals surface area contributed by atoms with E-state index in [1.807, 2.05) is 34.6 Å². The highest BCUT2D eigenvalue weighted by molar-refractivity contribution is 5.75. The summed E-state index contributed by atoms with van der Waals surface area (Å²) in [5.74, 6) is -0.472. The summed E-state index contributed by atoms with van der Waals surface area (Å²) in [5, 5.41) is 10.1. The van der Waals surface area contributed by atoms with Crippen molar-refractivity contribution in [1.82, 2.24) is 4.90 Å². The van der Waals surface area contributed by atoms with Crippen molar-refractivity contribution in [2.75, 3.05) is 20.2 Å². The molecule has 0 spiro atoms. The first kappa shape index (κ1) is 18.7. The number of carbonyl (C=O) groups is 2. The van der Waals surface area contributed by atoms with Crippen LogP contribution in [0.15, 0.2) is 0 Å². The predicted octanol–water partition coefficient (Wildman–Crippen LogP) is 2.19. The smallest absolute Gasteiger partial charge is 0.410 e. The molecule has 1 unspecified atom stereocenters. The Morgan fingerprint density at radius 2 is 1.64 bits per heavy atom. The first-order chi connectivity index (χ1) is 9.99. The number of nitrogens with zero attached hydrogens (tertiary/aromatic N) is 1. The van der Waals surface area contributed by atoms with Gasteiger partial charge in [-0.15, -0.1) is 0 Å². The number of methoxy groups -OCH3 is 1. The first-order valence-electron chi connectivity index (χ1n) is 7.73. The van der Waals surface area contributed by atoms with Gasteiger partial charge in [-0.2, -0.15) is 0 Å². The van der Waals surface area contributed by atoms with E-state index < -0.39 is 23.1 Å². The van der Waals surface area contributed by atoms with E-state index in [4.69, 9.17) is 4.74 Å². The highest BCUT2D eigenvalue weighted by atomic mass is 16.6. The van der Waals surface area contributed by atoms with Crippen LogP contribution in [0.1, 0.15) is 47.5 Å². The molecule has 1 rings (SSSR count). The Labute approximate surface area is 132 Å². The molecule has 1 atom stereocenters. The molecule has 22 heavy (non-hydrogen) atoms. The number of hydrogen-bond donors (Lipinski definition) is 1. The standard InChI is InChI=1S/C16H29NO5/c1-15(2,3)22-14(20)17-9-7-11(8-10-17)16(4,5)12(18)13(19)21-6/h11-12,18H,7-10H2,1-6H3. The third kappa shape index (κ3) is 4.60. The highest BCUT2D eigenvalue weighted by Gasteiger charge is 2.42. The Morgan fingerprint density at radius 3 is 2.05 bits per heavy atom. The van der Waals surface area contributed by atoms with Crippen LogP contribution in [0.25, 0.3) is 0 Å². The topological polar surface area (TPSA) is 76.1 Å². The lowest BCUT2D eigenvalue weighted by atomic mass is 9.70. The van der Waals surface area contributed by atoms with Crippen molar-refractivity contribution < 1.29 is 24.2 Å². The molecule has 1 amide bonds. The van der Waals surface area contributed by atoms with Crippen molar-refractivity contribution in [3.8, 4) is 0 Å². The monoisotopic (exact) mass is 315 g/mol. The molecular formula is C16H29NO5. The number of hydrogen-bond acceptors (Lipinski definition) is 5. The lowest BCUT2D eigenvalue weighted by Gasteiger charge is -2.42. The van der Waals surface area contributed by atoms with Crippen molar-refractivity contribution in [3.63, 3.8) is 0 Å². The quantitative estimate of drug-likeness (QED) is 0.808. The van der Waals surface area contributed by atoms with Gasteiger partial charge in [-0.05, 0) is 39.5 Å². The van der Waals surface area contributed by atoms with E-state index in [9.17, 15) is 14.7 Å². The molecule has 0 bridgehead atoms. The Balaban J connectivity index is 2.61. The molecule has 6 nitrogen and oxygen atoms in total. The molecule has 128 valence electrons. The summed E-state index contributed by atoms with van der Waals surface area (Å²) in [6, 6.07) is 0. The van der Waals surface area contributed by atoms with E-state index in [1.165, 1.54) is 7.11 Å². The van der Waals surface area contributed by atoms with Gasteiger partial charge in [-0.1, -0.05) is 13.8 Å². The third-order valence-corrected chi connectivity index (χ3v) is 4.33. The van der Waals surface area contributed by atoms with E-state index in [0.29, 0.717) is 13.1 Å². The molecule has 1 aliphatic heterocycles. The van der Waals surface area contributed by atoms with E-state index in [-0.39, 0.29) is 12.0 Å². The number of aliphatic hydroxyl groups excluding tert-OH is 1. The van der Waals surface area contributed by atoms with Crippen molar-refractivity contribution >= 4 is 12.1 Å². The summed E-state index contributed by atoms with van der Waals surface area (Å²) in [6.45, 7) is 10.4. The van der Waals surface area contributed by atoms with Crippen molar-refractivity contribution in [2.45, 2.75) is 59.2 Å². The normalized spacial score (nSPS) is 18.8. The SMILES string of the molecule is COC(=O)C(O)C(C)(C)C1CCN(C(=O)OC(C)(C)C)CC1. The second-order valence-corrected chi connectivity index (χ2v) is 7.49. The number of ether oxygens (including phenoxy) is 2. The molecule has 0 saturated carbocycles. The number of esters is 1. The Hall–Kier alpha value is -1.30. The van der Waals surface area contributed by atoms with Gasteiger partial charge in [0.1, 0.15) is 5.60 Å². The molecule has 1 aliphatic rings. The summed E-state index contributed by atoms with van der Waals surface area (Å²) < 4.78 is 9.99. The number of likely N-dealkylation sites (tertiary alicyclic amines) is 1. The van der Waals surface area contributed by atoms with Gasteiger partial charge in [0.2, 0.25) is 0 Å². The molecule has 1 fully saturated rings. The zero-order valence-electron chi connectivity index (χ0n) is 14.5. The van der Waals surface area contributed by atoms with Crippen molar-refractivity contribution in [3.05, 3.63) is 0 Å². The van der Waals surface area contributed by atoms with Crippen LogP contribution in [0.3, 0.4) is 0 Å². The Morgan fingerprint density at radius 1 is 1.14 bits per heavy atom. The average Bonchev–Trinajstić information content (AvgIpc) is 2.43. The number of aliphatic hydroxyl groups is 1. The number of amides is 1. The van der Waals surface area contributed by atoms with Gasteiger partial charge in [-0.3, -0.25) is 0 Å². The minimum Gasteiger partial charge on any atom is -0.467 e. The molecule has 0 aromatic heterocycles. The van der Waals surface area contributed by atoms with Gasteiger partial charge in [0.15, 0.2) is 6.10 Å². The number of rotatable bonds is 3. The van der Waals surface area contributed by atoms with Crippen LogP contribution in [-0.2, 0) is 14.3 Å². The van der Waals surface area contributed by atoms with E-state index in [1.54, 1.807) is 4.90 Å². The summed E-state index contributed by atoms with van der Waals surface area (Å²) in [6.07, 6.45) is -0.0199. The number of carbonyl (C=O) groups excluding carboxylic acids is 2. The molecule has 0 aliphatic carbocycles. The first-order valence-corrected chi connectivity index (χ1v) is 7.73. The maximum Gasteiger partial charge on any atom is 0.410 e. The van der Waals surface area contributed by atoms with Crippen LogP contribution in [0.4, 0.5) is 4.79 Å². The average molecular weight is 315 g/mol. The van der Waals surface area contributed by atoms with Crippen LogP contribution in [-0.4, -0.2) is 54.0 Å². The fourth-order valence-corrected chi connectivity index (χ4v) is 2.77. The minimum absolute atomic E-state index is 0.139. The lowest BCUT2D eigenvalue weighted by molar-refractivity contribution is -0.160. The zero-order chi connectivity index (χ0) is 17.1. The summed E-state index contributed by atoms with van der Waals surface area (Å²) >= 11 is 0. The van der Waals surface area contributed by atoms with Crippen LogP contribution in [0.2, 0.25) is 0 Å². The maximum atomic E-state index is 12.0. The third-order valence-electron chi connectivity index (χ3n) is 4.33. The van der Waals surface area contributed by atoms with Gasteiger partial charge >= 0.3 is 12.1 Å². The molecule has 0 radical (unpaired) electrons.